The summed E-state index contributed by atoms with van der Waals surface area (Å²) < 4.78 is 11.9. The fourth-order valence-corrected chi connectivity index (χ4v) is 6.56. The number of nitrogens with zero attached hydrogens (tertiary/aromatic N) is 1. The van der Waals surface area contributed by atoms with Gasteiger partial charge in [-0.3, -0.25) is 14.4 Å². The maximum absolute atomic E-state index is 14.2. The molecule has 2 unspecified atom stereocenters. The Balaban J connectivity index is 1.62. The second-order valence-corrected chi connectivity index (χ2v) is 10.2. The van der Waals surface area contributed by atoms with Gasteiger partial charge in [-0.25, -0.2) is 0 Å². The molecule has 2 bridgehead atoms. The molecular formula is C27H29ClN2O6. The van der Waals surface area contributed by atoms with Gasteiger partial charge < -0.3 is 24.8 Å². The molecule has 3 aliphatic rings. The van der Waals surface area contributed by atoms with E-state index in [1.165, 1.54) is 4.90 Å². The lowest BCUT2D eigenvalue weighted by Crippen LogP contribution is -2.54. The van der Waals surface area contributed by atoms with E-state index in [2.05, 4.69) is 5.32 Å². The van der Waals surface area contributed by atoms with E-state index < -0.39 is 59.5 Å². The highest BCUT2D eigenvalue weighted by Gasteiger charge is 2.78. The van der Waals surface area contributed by atoms with E-state index in [4.69, 9.17) is 21.1 Å². The molecule has 190 valence electrons. The van der Waals surface area contributed by atoms with E-state index in [0.717, 1.165) is 0 Å². The zero-order valence-electron chi connectivity index (χ0n) is 20.1. The summed E-state index contributed by atoms with van der Waals surface area (Å²) >= 11 is 6.31. The van der Waals surface area contributed by atoms with Crippen LogP contribution in [0.4, 0.5) is 5.69 Å². The summed E-state index contributed by atoms with van der Waals surface area (Å²) in [6, 6.07) is 14.0. The predicted molar refractivity (Wildman–Crippen MR) is 132 cm³/mol. The van der Waals surface area contributed by atoms with Gasteiger partial charge in [-0.15, -0.1) is 0 Å². The van der Waals surface area contributed by atoms with Crippen LogP contribution in [0.2, 0.25) is 5.02 Å². The average Bonchev–Trinajstić information content (AvgIpc) is 3.43. The van der Waals surface area contributed by atoms with Crippen molar-refractivity contribution >= 4 is 35.1 Å². The van der Waals surface area contributed by atoms with Crippen molar-refractivity contribution in [1.29, 1.82) is 0 Å². The van der Waals surface area contributed by atoms with Crippen molar-refractivity contribution in [3.05, 3.63) is 65.2 Å². The molecular weight excluding hydrogens is 484 g/mol. The molecule has 2 amide bonds. The standard InChI is InChI=1S/C27H29ClN2O6/c1-3-35-25(34)21-20-24(33)30(19(15-31)16-9-5-4-6-10-16)22(27(20)14-13-26(21,2)36-27)23(32)29-18-12-8-7-11-17(18)28/h4-12,19-22,31H,3,13-15H2,1-2H3,(H,29,32)/t19-,20+,21-,22?,26+,27?/m1/s1. The number of benzene rings is 2. The molecule has 2 aromatic carbocycles. The summed E-state index contributed by atoms with van der Waals surface area (Å²) in [5.41, 5.74) is -1.09. The van der Waals surface area contributed by atoms with Gasteiger partial charge in [-0.05, 0) is 44.4 Å². The molecule has 3 heterocycles. The highest BCUT2D eigenvalue weighted by Crippen LogP contribution is 2.64. The fraction of sp³-hybridized carbons (Fsp3) is 0.444. The zero-order chi connectivity index (χ0) is 25.7. The van der Waals surface area contributed by atoms with Gasteiger partial charge in [0.15, 0.2) is 0 Å². The molecule has 8 nitrogen and oxygen atoms in total. The number of likely N-dealkylation sites (tertiary alicyclic amines) is 1. The van der Waals surface area contributed by atoms with Gasteiger partial charge in [0, 0.05) is 0 Å². The van der Waals surface area contributed by atoms with Crippen LogP contribution in [0.25, 0.3) is 0 Å². The normalized spacial score (nSPS) is 31.3. The molecule has 0 radical (unpaired) electrons. The second-order valence-electron chi connectivity index (χ2n) is 9.80. The third-order valence-electron chi connectivity index (χ3n) is 7.83. The third kappa shape index (κ3) is 3.62. The van der Waals surface area contributed by atoms with Crippen LogP contribution >= 0.6 is 11.6 Å². The molecule has 5 rings (SSSR count). The first-order valence-electron chi connectivity index (χ1n) is 12.2. The minimum Gasteiger partial charge on any atom is -0.466 e. The number of fused-ring (bicyclic) bond motifs is 1. The van der Waals surface area contributed by atoms with E-state index in [9.17, 15) is 19.5 Å². The van der Waals surface area contributed by atoms with Crippen molar-refractivity contribution < 1.29 is 29.0 Å². The van der Waals surface area contributed by atoms with Crippen molar-refractivity contribution in [3.8, 4) is 0 Å². The Labute approximate surface area is 214 Å². The number of rotatable bonds is 7. The van der Waals surface area contributed by atoms with Crippen molar-refractivity contribution in [2.75, 3.05) is 18.5 Å². The molecule has 3 fully saturated rings. The monoisotopic (exact) mass is 512 g/mol. The van der Waals surface area contributed by atoms with Crippen LogP contribution in [0.3, 0.4) is 0 Å². The molecule has 3 aliphatic heterocycles. The van der Waals surface area contributed by atoms with Crippen LogP contribution in [-0.2, 0) is 23.9 Å². The van der Waals surface area contributed by atoms with Crippen LogP contribution < -0.4 is 5.32 Å². The molecule has 0 aliphatic carbocycles. The SMILES string of the molecule is CCOC(=O)[C@H]1[C@H]2C(=O)N([C@H](CO)c3ccccc3)C(C(=O)Nc3ccccc3Cl)C23CC[C@]1(C)O3. The topological polar surface area (TPSA) is 105 Å². The molecule has 0 aromatic heterocycles. The Hall–Kier alpha value is -2.94. The Morgan fingerprint density at radius 2 is 1.89 bits per heavy atom. The highest BCUT2D eigenvalue weighted by atomic mass is 35.5. The number of carbonyl (C=O) groups excluding carboxylic acids is 3. The minimum absolute atomic E-state index is 0.169. The van der Waals surface area contributed by atoms with Crippen molar-refractivity contribution in [3.63, 3.8) is 0 Å². The number of ether oxygens (including phenoxy) is 2. The van der Waals surface area contributed by atoms with Crippen LogP contribution in [0.5, 0.6) is 0 Å². The number of aliphatic hydroxyl groups is 1. The average molecular weight is 513 g/mol. The van der Waals surface area contributed by atoms with E-state index in [1.807, 2.05) is 13.0 Å². The number of aliphatic hydroxyl groups excluding tert-OH is 1. The number of carbonyl (C=O) groups is 3. The van der Waals surface area contributed by atoms with Crippen molar-refractivity contribution in [2.45, 2.75) is 50.0 Å². The maximum Gasteiger partial charge on any atom is 0.312 e. The summed E-state index contributed by atoms with van der Waals surface area (Å²) in [5, 5.41) is 13.7. The number of halogens is 1. The van der Waals surface area contributed by atoms with Crippen molar-refractivity contribution in [1.82, 2.24) is 4.90 Å². The number of esters is 1. The number of amides is 2. The Kier molecular flexibility index (Phi) is 6.31. The van der Waals surface area contributed by atoms with Gasteiger partial charge in [-0.2, -0.15) is 0 Å². The lowest BCUT2D eigenvalue weighted by atomic mass is 9.66. The van der Waals surface area contributed by atoms with Gasteiger partial charge in [0.05, 0.1) is 41.5 Å². The first-order valence-corrected chi connectivity index (χ1v) is 12.6. The number of para-hydroxylation sites is 1. The predicted octanol–water partition coefficient (Wildman–Crippen LogP) is 3.34. The summed E-state index contributed by atoms with van der Waals surface area (Å²) in [7, 11) is 0. The molecule has 1 spiro atoms. The second kappa shape index (κ2) is 9.18. The highest BCUT2D eigenvalue weighted by molar-refractivity contribution is 6.33. The summed E-state index contributed by atoms with van der Waals surface area (Å²) in [4.78, 5) is 42.6. The first-order chi connectivity index (χ1) is 17.3. The number of nitrogens with one attached hydrogen (secondary N) is 1. The number of hydrogen-bond donors (Lipinski definition) is 2. The van der Waals surface area contributed by atoms with Crippen LogP contribution in [0, 0.1) is 11.8 Å². The largest absolute Gasteiger partial charge is 0.466 e. The minimum atomic E-state index is -1.24. The summed E-state index contributed by atoms with van der Waals surface area (Å²) in [5.74, 6) is -3.16. The van der Waals surface area contributed by atoms with Crippen LogP contribution in [0.1, 0.15) is 38.3 Å². The molecule has 2 aromatic rings. The molecule has 36 heavy (non-hydrogen) atoms. The molecule has 9 heteroatoms. The van der Waals surface area contributed by atoms with E-state index >= 15 is 0 Å². The summed E-state index contributed by atoms with van der Waals surface area (Å²) in [6.45, 7) is 3.28. The van der Waals surface area contributed by atoms with Crippen LogP contribution in [-0.4, -0.2) is 58.2 Å². The number of hydrogen-bond acceptors (Lipinski definition) is 6. The quantitative estimate of drug-likeness (QED) is 0.551. The first kappa shape index (κ1) is 24.7. The smallest absolute Gasteiger partial charge is 0.312 e. The fourth-order valence-electron chi connectivity index (χ4n) is 6.38. The molecule has 2 N–H and O–H groups in total. The maximum atomic E-state index is 14.2. The molecule has 0 saturated carbocycles. The van der Waals surface area contributed by atoms with Gasteiger partial charge in [0.25, 0.3) is 0 Å². The Morgan fingerprint density at radius 1 is 1.19 bits per heavy atom. The van der Waals surface area contributed by atoms with E-state index in [-0.39, 0.29) is 6.61 Å². The lowest BCUT2D eigenvalue weighted by molar-refractivity contribution is -0.160. The zero-order valence-corrected chi connectivity index (χ0v) is 20.9. The lowest BCUT2D eigenvalue weighted by Gasteiger charge is -2.37. The molecule has 3 saturated heterocycles. The Bertz CT molecular complexity index is 1190. The van der Waals surface area contributed by atoms with E-state index in [1.54, 1.807) is 55.5 Å². The molecule has 6 atom stereocenters. The van der Waals surface area contributed by atoms with Gasteiger partial charge >= 0.3 is 5.97 Å². The number of anilines is 1. The van der Waals surface area contributed by atoms with Gasteiger partial charge in [-0.1, -0.05) is 54.1 Å². The van der Waals surface area contributed by atoms with Crippen molar-refractivity contribution in [2.24, 2.45) is 11.8 Å². The Morgan fingerprint density at radius 3 is 2.56 bits per heavy atom. The van der Waals surface area contributed by atoms with E-state index in [0.29, 0.717) is 29.1 Å². The van der Waals surface area contributed by atoms with Gasteiger partial charge in [0.2, 0.25) is 11.8 Å². The summed E-state index contributed by atoms with van der Waals surface area (Å²) in [6.07, 6.45) is 0.916. The third-order valence-corrected chi connectivity index (χ3v) is 8.16. The van der Waals surface area contributed by atoms with Gasteiger partial charge in [0.1, 0.15) is 17.6 Å². The van der Waals surface area contributed by atoms with Crippen LogP contribution in [0.15, 0.2) is 54.6 Å².